The van der Waals surface area contributed by atoms with Crippen LogP contribution in [0.3, 0.4) is 0 Å². The van der Waals surface area contributed by atoms with E-state index >= 15 is 0 Å². The first kappa shape index (κ1) is 17.1. The fourth-order valence-electron chi connectivity index (χ4n) is 3.04. The molecule has 132 valence electrons. The van der Waals surface area contributed by atoms with Crippen LogP contribution in [0.1, 0.15) is 17.0 Å². The smallest absolute Gasteiger partial charge is 0.245 e. The summed E-state index contributed by atoms with van der Waals surface area (Å²) in [4.78, 5) is 29.9. The van der Waals surface area contributed by atoms with Crippen molar-refractivity contribution in [3.05, 3.63) is 106 Å². The molecule has 0 aliphatic heterocycles. The van der Waals surface area contributed by atoms with Crippen molar-refractivity contribution in [1.82, 2.24) is 4.98 Å². The van der Waals surface area contributed by atoms with Crippen LogP contribution < -0.4 is 10.1 Å². The number of nitrogens with zero attached hydrogens (tertiary/aromatic N) is 1. The molecule has 4 aromatic rings. The molecule has 0 saturated carbocycles. The van der Waals surface area contributed by atoms with Crippen molar-refractivity contribution >= 4 is 33.3 Å². The Labute approximate surface area is 160 Å². The summed E-state index contributed by atoms with van der Waals surface area (Å²) in [6.07, 6.45) is 0. The van der Waals surface area contributed by atoms with Gasteiger partial charge in [0.1, 0.15) is 0 Å². The zero-order valence-corrected chi connectivity index (χ0v) is 15.1. The average molecular weight is 372 g/mol. The Bertz CT molecular complexity index is 1100. The van der Waals surface area contributed by atoms with Gasteiger partial charge < -0.3 is 5.32 Å². The first-order valence-electron chi connectivity index (χ1n) is 8.53. The van der Waals surface area contributed by atoms with Gasteiger partial charge in [-0.05, 0) is 23.3 Å². The van der Waals surface area contributed by atoms with Gasteiger partial charge in [0.25, 0.3) is 0 Å². The van der Waals surface area contributed by atoms with Gasteiger partial charge in [-0.25, -0.2) is 4.98 Å². The summed E-state index contributed by atoms with van der Waals surface area (Å²) >= 11 is 0.944. The van der Waals surface area contributed by atoms with Gasteiger partial charge in [-0.1, -0.05) is 84.1 Å². The molecule has 0 aliphatic carbocycles. The number of para-hydroxylation sites is 1. The van der Waals surface area contributed by atoms with Crippen LogP contribution in [-0.4, -0.2) is 10.9 Å². The summed E-state index contributed by atoms with van der Waals surface area (Å²) in [5.74, 6) is -0.700. The molecule has 1 heterocycles. The van der Waals surface area contributed by atoms with Crippen molar-refractivity contribution in [3.8, 4) is 0 Å². The highest BCUT2D eigenvalue weighted by Crippen LogP contribution is 2.26. The maximum absolute atomic E-state index is 13.1. The minimum absolute atomic E-state index is 0.119. The monoisotopic (exact) mass is 372 g/mol. The van der Waals surface area contributed by atoms with E-state index in [0.29, 0.717) is 16.0 Å². The van der Waals surface area contributed by atoms with Crippen LogP contribution >= 0.6 is 11.3 Å². The SMILES string of the molecule is O=C(Nc1nc2ccccc2c(=O)s1)C(c1ccccc1)c1ccccc1. The van der Waals surface area contributed by atoms with Gasteiger partial charge in [-0.15, -0.1) is 0 Å². The van der Waals surface area contributed by atoms with Crippen molar-refractivity contribution < 1.29 is 4.79 Å². The quantitative estimate of drug-likeness (QED) is 0.577. The fraction of sp³-hybridized carbons (Fsp3) is 0.0455. The number of rotatable bonds is 4. The first-order valence-corrected chi connectivity index (χ1v) is 9.34. The zero-order chi connectivity index (χ0) is 18.6. The zero-order valence-electron chi connectivity index (χ0n) is 14.3. The number of benzene rings is 3. The molecule has 1 N–H and O–H groups in total. The molecule has 0 unspecified atom stereocenters. The second-order valence-corrected chi connectivity index (χ2v) is 7.03. The highest BCUT2D eigenvalue weighted by atomic mass is 32.1. The predicted molar refractivity (Wildman–Crippen MR) is 109 cm³/mol. The van der Waals surface area contributed by atoms with Crippen LogP contribution in [-0.2, 0) is 4.79 Å². The van der Waals surface area contributed by atoms with E-state index in [4.69, 9.17) is 0 Å². The second kappa shape index (κ2) is 7.51. The van der Waals surface area contributed by atoms with E-state index in [2.05, 4.69) is 10.3 Å². The van der Waals surface area contributed by atoms with Crippen molar-refractivity contribution in [2.75, 3.05) is 5.32 Å². The van der Waals surface area contributed by atoms with E-state index in [1.54, 1.807) is 18.2 Å². The van der Waals surface area contributed by atoms with Gasteiger partial charge in [-0.2, -0.15) is 0 Å². The number of carbonyl (C=O) groups excluding carboxylic acids is 1. The number of anilines is 1. The van der Waals surface area contributed by atoms with Gasteiger partial charge in [0.15, 0.2) is 5.13 Å². The molecule has 27 heavy (non-hydrogen) atoms. The molecule has 0 radical (unpaired) electrons. The minimum Gasteiger partial charge on any atom is -0.301 e. The normalized spacial score (nSPS) is 10.9. The van der Waals surface area contributed by atoms with Crippen molar-refractivity contribution in [3.63, 3.8) is 0 Å². The lowest BCUT2D eigenvalue weighted by atomic mass is 9.90. The third-order valence-electron chi connectivity index (χ3n) is 4.29. The Kier molecular flexibility index (Phi) is 4.77. The number of amides is 1. The fourth-order valence-corrected chi connectivity index (χ4v) is 3.79. The third kappa shape index (κ3) is 3.64. The number of carbonyl (C=O) groups is 1. The van der Waals surface area contributed by atoms with E-state index in [-0.39, 0.29) is 10.6 Å². The molecule has 0 atom stereocenters. The highest BCUT2D eigenvalue weighted by Gasteiger charge is 2.23. The molecule has 0 bridgehead atoms. The molecular weight excluding hydrogens is 356 g/mol. The summed E-state index contributed by atoms with van der Waals surface area (Å²) in [5, 5.41) is 3.70. The Morgan fingerprint density at radius 3 is 2.00 bits per heavy atom. The van der Waals surface area contributed by atoms with Gasteiger partial charge in [0.2, 0.25) is 10.6 Å². The van der Waals surface area contributed by atoms with Crippen molar-refractivity contribution in [2.45, 2.75) is 5.92 Å². The molecule has 1 amide bonds. The molecule has 0 saturated heterocycles. The molecule has 5 heteroatoms. The largest absolute Gasteiger partial charge is 0.301 e. The first-order chi connectivity index (χ1) is 13.2. The summed E-state index contributed by atoms with van der Waals surface area (Å²) in [5.41, 5.74) is 2.34. The van der Waals surface area contributed by atoms with E-state index in [1.165, 1.54) is 0 Å². The number of nitrogens with one attached hydrogen (secondary N) is 1. The van der Waals surface area contributed by atoms with E-state index in [0.717, 1.165) is 22.5 Å². The van der Waals surface area contributed by atoms with E-state index in [9.17, 15) is 9.59 Å². The summed E-state index contributed by atoms with van der Waals surface area (Å²) < 4.78 is -0.119. The van der Waals surface area contributed by atoms with Gasteiger partial charge >= 0.3 is 0 Å². The Balaban J connectivity index is 1.72. The standard InChI is InChI=1S/C22H16N2O2S/c25-20(24-22-23-18-14-8-7-13-17(18)21(26)27-22)19(15-9-3-1-4-10-15)16-11-5-2-6-12-16/h1-14,19H,(H,23,24,25). The number of fused-ring (bicyclic) bond motifs is 1. The van der Waals surface area contributed by atoms with Gasteiger partial charge in [0.05, 0.1) is 16.8 Å². The topological polar surface area (TPSA) is 59.1 Å². The number of aromatic nitrogens is 1. The van der Waals surface area contributed by atoms with Crippen LogP contribution in [0.2, 0.25) is 0 Å². The summed E-state index contributed by atoms with van der Waals surface area (Å²) in [7, 11) is 0. The van der Waals surface area contributed by atoms with Crippen LogP contribution in [0.25, 0.3) is 10.9 Å². The summed E-state index contributed by atoms with van der Waals surface area (Å²) in [6, 6.07) is 26.3. The number of hydrogen-bond donors (Lipinski definition) is 1. The molecule has 0 spiro atoms. The van der Waals surface area contributed by atoms with Gasteiger partial charge in [0, 0.05) is 0 Å². The minimum atomic E-state index is -0.483. The predicted octanol–water partition coefficient (Wildman–Crippen LogP) is 4.43. The molecule has 0 aliphatic rings. The lowest BCUT2D eigenvalue weighted by Gasteiger charge is -2.17. The Hall–Kier alpha value is -3.31. The van der Waals surface area contributed by atoms with Crippen molar-refractivity contribution in [1.29, 1.82) is 0 Å². The molecule has 4 rings (SSSR count). The van der Waals surface area contributed by atoms with E-state index in [1.807, 2.05) is 66.7 Å². The highest BCUT2D eigenvalue weighted by molar-refractivity contribution is 7.13. The lowest BCUT2D eigenvalue weighted by Crippen LogP contribution is -2.23. The van der Waals surface area contributed by atoms with Crippen LogP contribution in [0.15, 0.2) is 89.7 Å². The van der Waals surface area contributed by atoms with E-state index < -0.39 is 5.92 Å². The lowest BCUT2D eigenvalue weighted by molar-refractivity contribution is -0.116. The van der Waals surface area contributed by atoms with Crippen LogP contribution in [0.5, 0.6) is 0 Å². The van der Waals surface area contributed by atoms with Crippen molar-refractivity contribution in [2.24, 2.45) is 0 Å². The van der Waals surface area contributed by atoms with Crippen LogP contribution in [0.4, 0.5) is 5.13 Å². The summed E-state index contributed by atoms with van der Waals surface area (Å²) in [6.45, 7) is 0. The third-order valence-corrected chi connectivity index (χ3v) is 5.09. The Morgan fingerprint density at radius 2 is 1.37 bits per heavy atom. The second-order valence-electron chi connectivity index (χ2n) is 6.07. The molecule has 3 aromatic carbocycles. The molecule has 4 nitrogen and oxygen atoms in total. The average Bonchev–Trinajstić information content (AvgIpc) is 2.70. The Morgan fingerprint density at radius 1 is 0.815 bits per heavy atom. The maximum atomic E-state index is 13.1. The van der Waals surface area contributed by atoms with Crippen LogP contribution in [0, 0.1) is 0 Å². The maximum Gasteiger partial charge on any atom is 0.245 e. The molecule has 0 fully saturated rings. The molecule has 1 aromatic heterocycles. The van der Waals surface area contributed by atoms with Gasteiger partial charge in [-0.3, -0.25) is 9.59 Å². The number of hydrogen-bond acceptors (Lipinski definition) is 4. The molecular formula is C22H16N2O2S.